The van der Waals surface area contributed by atoms with Crippen molar-refractivity contribution in [2.75, 3.05) is 21.1 Å². The summed E-state index contributed by atoms with van der Waals surface area (Å²) in [7, 11) is 6.00. The lowest BCUT2D eigenvalue weighted by Crippen LogP contribution is -1.99. The van der Waals surface area contributed by atoms with E-state index < -0.39 is 0 Å². The topological polar surface area (TPSA) is 3.24 Å². The number of rotatable bonds is 0. The monoisotopic (exact) mass is 171 g/mol. The molecule has 0 unspecified atom stereocenters. The first-order valence-electron chi connectivity index (χ1n) is 5.34. The summed E-state index contributed by atoms with van der Waals surface area (Å²) >= 11 is 0. The molecule has 0 radical (unpaired) electrons. The van der Waals surface area contributed by atoms with E-state index in [1.807, 2.05) is 26.0 Å². The molecule has 0 aromatic rings. The fourth-order valence-corrected chi connectivity index (χ4v) is 1.41. The van der Waals surface area contributed by atoms with Crippen molar-refractivity contribution in [3.8, 4) is 0 Å². The van der Waals surface area contributed by atoms with Crippen molar-refractivity contribution >= 4 is 0 Å². The number of hydrogen-bond donors (Lipinski definition) is 0. The van der Waals surface area contributed by atoms with Gasteiger partial charge in [0.2, 0.25) is 0 Å². The summed E-state index contributed by atoms with van der Waals surface area (Å²) in [6, 6.07) is 0. The highest BCUT2D eigenvalue weighted by Gasteiger charge is 1.95. The number of nitrogens with zero attached hydrogens (tertiary/aromatic N) is 1. The molecule has 0 atom stereocenters. The zero-order valence-corrected chi connectivity index (χ0v) is 9.10. The van der Waals surface area contributed by atoms with E-state index in [1.165, 1.54) is 51.4 Å². The normalized spacial score (nSPS) is 19.0. The molecule has 0 spiro atoms. The Bertz CT molecular complexity index is 52.3. The van der Waals surface area contributed by atoms with Crippen molar-refractivity contribution in [1.29, 1.82) is 0 Å². The lowest BCUT2D eigenvalue weighted by Gasteiger charge is -2.05. The highest BCUT2D eigenvalue weighted by Crippen LogP contribution is 2.15. The van der Waals surface area contributed by atoms with Gasteiger partial charge in [0.15, 0.2) is 0 Å². The molecule has 1 aliphatic rings. The van der Waals surface area contributed by atoms with Crippen LogP contribution in [0.15, 0.2) is 0 Å². The van der Waals surface area contributed by atoms with Gasteiger partial charge in [-0.2, -0.15) is 0 Å². The molecule has 0 N–H and O–H groups in total. The van der Waals surface area contributed by atoms with Crippen LogP contribution in [0.5, 0.6) is 0 Å². The molecule has 1 fully saturated rings. The average Bonchev–Trinajstić information content (AvgIpc) is 1.82. The predicted octanol–water partition coefficient (Wildman–Crippen LogP) is 3.30. The van der Waals surface area contributed by atoms with Crippen LogP contribution in [0.1, 0.15) is 51.4 Å². The summed E-state index contributed by atoms with van der Waals surface area (Å²) in [5, 5.41) is 0. The SMILES string of the molecule is C1CCCCCCC1.CN(C)C. The summed E-state index contributed by atoms with van der Waals surface area (Å²) in [4.78, 5) is 2.00. The Morgan fingerprint density at radius 3 is 0.667 bits per heavy atom. The first-order chi connectivity index (χ1) is 5.73. The maximum atomic E-state index is 2.00. The van der Waals surface area contributed by atoms with Gasteiger partial charge in [0, 0.05) is 0 Å². The van der Waals surface area contributed by atoms with Gasteiger partial charge in [0.25, 0.3) is 0 Å². The molecule has 12 heavy (non-hydrogen) atoms. The molecule has 1 rings (SSSR count). The minimum atomic E-state index is 1.50. The Labute approximate surface area is 78.1 Å². The zero-order valence-electron chi connectivity index (χ0n) is 9.10. The minimum Gasteiger partial charge on any atom is -0.312 e. The van der Waals surface area contributed by atoms with Crippen LogP contribution < -0.4 is 0 Å². The highest BCUT2D eigenvalue weighted by atomic mass is 15.0. The Kier molecular flexibility index (Phi) is 9.02. The third-order valence-electron chi connectivity index (χ3n) is 2.00. The Balaban J connectivity index is 0.000000261. The van der Waals surface area contributed by atoms with Crippen LogP contribution in [0.25, 0.3) is 0 Å². The minimum absolute atomic E-state index is 1.50. The van der Waals surface area contributed by atoms with E-state index in [1.54, 1.807) is 0 Å². The highest BCUT2D eigenvalue weighted by molar-refractivity contribution is 4.51. The van der Waals surface area contributed by atoms with E-state index in [4.69, 9.17) is 0 Å². The van der Waals surface area contributed by atoms with Gasteiger partial charge in [-0.3, -0.25) is 0 Å². The predicted molar refractivity (Wildman–Crippen MR) is 56.5 cm³/mol. The van der Waals surface area contributed by atoms with Crippen LogP contribution in [-0.4, -0.2) is 26.0 Å². The Morgan fingerprint density at radius 1 is 0.500 bits per heavy atom. The molecule has 0 aliphatic heterocycles. The van der Waals surface area contributed by atoms with Gasteiger partial charge in [0.1, 0.15) is 0 Å². The second-order valence-corrected chi connectivity index (χ2v) is 4.17. The van der Waals surface area contributed by atoms with Crippen molar-refractivity contribution in [2.24, 2.45) is 0 Å². The average molecular weight is 171 g/mol. The quantitative estimate of drug-likeness (QED) is 0.540. The Hall–Kier alpha value is -0.0400. The first-order valence-corrected chi connectivity index (χ1v) is 5.34. The molecule has 0 aromatic heterocycles. The second kappa shape index (κ2) is 9.05. The molecule has 74 valence electrons. The van der Waals surface area contributed by atoms with E-state index in [9.17, 15) is 0 Å². The maximum absolute atomic E-state index is 2.00. The van der Waals surface area contributed by atoms with E-state index in [0.29, 0.717) is 0 Å². The Morgan fingerprint density at radius 2 is 0.583 bits per heavy atom. The van der Waals surface area contributed by atoms with Crippen LogP contribution in [0, 0.1) is 0 Å². The van der Waals surface area contributed by atoms with E-state index >= 15 is 0 Å². The molecular formula is C11H25N. The summed E-state index contributed by atoms with van der Waals surface area (Å²) in [6.07, 6.45) is 12.0. The lowest BCUT2D eigenvalue weighted by atomic mass is 10.0. The van der Waals surface area contributed by atoms with Crippen molar-refractivity contribution in [2.45, 2.75) is 51.4 Å². The summed E-state index contributed by atoms with van der Waals surface area (Å²) in [5.74, 6) is 0. The summed E-state index contributed by atoms with van der Waals surface area (Å²) in [6.45, 7) is 0. The van der Waals surface area contributed by atoms with Crippen molar-refractivity contribution < 1.29 is 0 Å². The van der Waals surface area contributed by atoms with Gasteiger partial charge in [-0.1, -0.05) is 51.4 Å². The third kappa shape index (κ3) is 12.6. The fraction of sp³-hybridized carbons (Fsp3) is 1.00. The van der Waals surface area contributed by atoms with Crippen molar-refractivity contribution in [1.82, 2.24) is 4.90 Å². The maximum Gasteiger partial charge on any atom is -0.0140 e. The zero-order chi connectivity index (χ0) is 9.23. The van der Waals surface area contributed by atoms with Crippen molar-refractivity contribution in [3.63, 3.8) is 0 Å². The van der Waals surface area contributed by atoms with Crippen LogP contribution in [0.3, 0.4) is 0 Å². The van der Waals surface area contributed by atoms with Gasteiger partial charge in [0.05, 0.1) is 0 Å². The fourth-order valence-electron chi connectivity index (χ4n) is 1.41. The molecule has 0 amide bonds. The van der Waals surface area contributed by atoms with Crippen LogP contribution in [0.2, 0.25) is 0 Å². The smallest absolute Gasteiger partial charge is 0.0140 e. The molecule has 0 heterocycles. The first kappa shape index (κ1) is 12.0. The van der Waals surface area contributed by atoms with Gasteiger partial charge in [-0.25, -0.2) is 0 Å². The molecule has 1 nitrogen and oxygen atoms in total. The van der Waals surface area contributed by atoms with Gasteiger partial charge in [-0.05, 0) is 21.1 Å². The largest absolute Gasteiger partial charge is 0.312 e. The van der Waals surface area contributed by atoms with Gasteiger partial charge in [-0.15, -0.1) is 0 Å². The second-order valence-electron chi connectivity index (χ2n) is 4.17. The van der Waals surface area contributed by atoms with Crippen molar-refractivity contribution in [3.05, 3.63) is 0 Å². The summed E-state index contributed by atoms with van der Waals surface area (Å²) < 4.78 is 0. The van der Waals surface area contributed by atoms with E-state index in [-0.39, 0.29) is 0 Å². The molecule has 1 heteroatoms. The van der Waals surface area contributed by atoms with Gasteiger partial charge < -0.3 is 4.90 Å². The molecule has 1 aliphatic carbocycles. The molecule has 1 saturated carbocycles. The molecule has 0 saturated heterocycles. The third-order valence-corrected chi connectivity index (χ3v) is 2.00. The van der Waals surface area contributed by atoms with E-state index in [2.05, 4.69) is 0 Å². The van der Waals surface area contributed by atoms with Gasteiger partial charge >= 0.3 is 0 Å². The molecular weight excluding hydrogens is 146 g/mol. The number of hydrogen-bond acceptors (Lipinski definition) is 1. The lowest BCUT2D eigenvalue weighted by molar-refractivity contribution is 0.504. The van der Waals surface area contributed by atoms with Crippen LogP contribution in [-0.2, 0) is 0 Å². The molecule has 0 aromatic carbocycles. The van der Waals surface area contributed by atoms with Crippen LogP contribution in [0.4, 0.5) is 0 Å². The van der Waals surface area contributed by atoms with E-state index in [0.717, 1.165) is 0 Å². The summed E-state index contributed by atoms with van der Waals surface area (Å²) in [5.41, 5.74) is 0. The standard InChI is InChI=1S/C8H16.C3H9N/c1-2-4-6-8-7-5-3-1;1-4(2)3/h1-8H2;1-3H3. The molecule has 0 bridgehead atoms. The van der Waals surface area contributed by atoms with Crippen LogP contribution >= 0.6 is 0 Å².